The number of benzene rings is 1. The number of hydrogen-bond acceptors (Lipinski definition) is 4. The maximum Gasteiger partial charge on any atom is 0.251 e. The minimum atomic E-state index is -0.122. The third kappa shape index (κ3) is 3.56. The zero-order valence-electron chi connectivity index (χ0n) is 12.0. The number of piperazine rings is 1. The van der Waals surface area contributed by atoms with E-state index in [1.807, 2.05) is 6.07 Å². The third-order valence-corrected chi connectivity index (χ3v) is 3.73. The van der Waals surface area contributed by atoms with E-state index in [9.17, 15) is 4.79 Å². The topological polar surface area (TPSA) is 59.4 Å². The normalized spacial score (nSPS) is 20.4. The summed E-state index contributed by atoms with van der Waals surface area (Å²) in [7, 11) is 4.18. The van der Waals surface area contributed by atoms with E-state index in [1.54, 1.807) is 24.3 Å². The van der Waals surface area contributed by atoms with Crippen molar-refractivity contribution in [2.24, 2.45) is 0 Å². The van der Waals surface area contributed by atoms with E-state index >= 15 is 0 Å². The van der Waals surface area contributed by atoms with Crippen molar-refractivity contribution in [3.8, 4) is 6.07 Å². The lowest BCUT2D eigenvalue weighted by Gasteiger charge is -2.37. The van der Waals surface area contributed by atoms with E-state index in [1.165, 1.54) is 0 Å². The molecule has 1 unspecified atom stereocenters. The van der Waals surface area contributed by atoms with Crippen molar-refractivity contribution in [3.05, 3.63) is 35.4 Å². The van der Waals surface area contributed by atoms with E-state index in [2.05, 4.69) is 29.2 Å². The number of nitriles is 1. The Morgan fingerprint density at radius 3 is 3.00 bits per heavy atom. The minimum absolute atomic E-state index is 0.122. The summed E-state index contributed by atoms with van der Waals surface area (Å²) in [5.41, 5.74) is 1.04. The van der Waals surface area contributed by atoms with Gasteiger partial charge in [-0.05, 0) is 32.3 Å². The molecule has 1 amide bonds. The third-order valence-electron chi connectivity index (χ3n) is 3.73. The Balaban J connectivity index is 1.93. The number of carbonyl (C=O) groups excluding carboxylic acids is 1. The van der Waals surface area contributed by atoms with Gasteiger partial charge < -0.3 is 10.2 Å². The molecule has 0 aromatic heterocycles. The fraction of sp³-hybridized carbons (Fsp3) is 0.467. The van der Waals surface area contributed by atoms with Crippen LogP contribution in [0.3, 0.4) is 0 Å². The zero-order chi connectivity index (χ0) is 14.5. The van der Waals surface area contributed by atoms with Crippen LogP contribution < -0.4 is 5.32 Å². The number of nitrogens with one attached hydrogen (secondary N) is 1. The molecule has 0 bridgehead atoms. The number of hydrogen-bond donors (Lipinski definition) is 1. The quantitative estimate of drug-likeness (QED) is 0.872. The van der Waals surface area contributed by atoms with Gasteiger partial charge in [-0.15, -0.1) is 0 Å². The summed E-state index contributed by atoms with van der Waals surface area (Å²) in [6, 6.07) is 9.15. The zero-order valence-corrected chi connectivity index (χ0v) is 12.0. The lowest BCUT2D eigenvalue weighted by Crippen LogP contribution is -2.54. The van der Waals surface area contributed by atoms with Crippen LogP contribution in [0.4, 0.5) is 0 Å². The molecule has 0 spiro atoms. The first-order valence-corrected chi connectivity index (χ1v) is 6.77. The number of likely N-dealkylation sites (N-methyl/N-ethyl adjacent to an activating group) is 2. The van der Waals surface area contributed by atoms with Gasteiger partial charge in [0.1, 0.15) is 0 Å². The fourth-order valence-electron chi connectivity index (χ4n) is 2.36. The van der Waals surface area contributed by atoms with Crippen LogP contribution in [0.1, 0.15) is 15.9 Å². The largest absolute Gasteiger partial charge is 0.350 e. The molecule has 1 aromatic carbocycles. The summed E-state index contributed by atoms with van der Waals surface area (Å²) in [6.07, 6.45) is 0. The summed E-state index contributed by atoms with van der Waals surface area (Å²) < 4.78 is 0. The van der Waals surface area contributed by atoms with E-state index in [-0.39, 0.29) is 5.91 Å². The highest BCUT2D eigenvalue weighted by molar-refractivity contribution is 5.94. The highest BCUT2D eigenvalue weighted by Gasteiger charge is 2.22. The molecule has 1 fully saturated rings. The second-order valence-electron chi connectivity index (χ2n) is 5.30. The maximum atomic E-state index is 12.1. The molecule has 1 N–H and O–H groups in total. The van der Waals surface area contributed by atoms with Crippen molar-refractivity contribution in [3.63, 3.8) is 0 Å². The van der Waals surface area contributed by atoms with Gasteiger partial charge in [0.05, 0.1) is 11.6 Å². The van der Waals surface area contributed by atoms with Gasteiger partial charge in [0.2, 0.25) is 0 Å². The summed E-state index contributed by atoms with van der Waals surface area (Å²) in [5.74, 6) is -0.122. The molecular formula is C15H20N4O. The van der Waals surface area contributed by atoms with E-state index in [4.69, 9.17) is 5.26 Å². The van der Waals surface area contributed by atoms with Gasteiger partial charge >= 0.3 is 0 Å². The molecule has 1 aliphatic heterocycles. The minimum Gasteiger partial charge on any atom is -0.350 e. The molecule has 1 saturated heterocycles. The van der Waals surface area contributed by atoms with Gasteiger partial charge in [-0.3, -0.25) is 9.69 Å². The smallest absolute Gasteiger partial charge is 0.251 e. The molecule has 20 heavy (non-hydrogen) atoms. The van der Waals surface area contributed by atoms with Crippen LogP contribution in [0.2, 0.25) is 0 Å². The molecule has 0 aliphatic carbocycles. The average molecular weight is 272 g/mol. The summed E-state index contributed by atoms with van der Waals surface area (Å²) >= 11 is 0. The van der Waals surface area contributed by atoms with Gasteiger partial charge in [-0.2, -0.15) is 5.26 Å². The molecule has 1 aromatic rings. The molecule has 0 saturated carbocycles. The van der Waals surface area contributed by atoms with Crippen LogP contribution in [0.5, 0.6) is 0 Å². The Hall–Kier alpha value is -1.90. The second-order valence-corrected chi connectivity index (χ2v) is 5.30. The number of carbonyl (C=O) groups is 1. The second kappa shape index (κ2) is 6.51. The monoisotopic (exact) mass is 272 g/mol. The lowest BCUT2D eigenvalue weighted by molar-refractivity contribution is 0.0881. The fourth-order valence-corrected chi connectivity index (χ4v) is 2.36. The average Bonchev–Trinajstić information content (AvgIpc) is 2.48. The van der Waals surface area contributed by atoms with E-state index < -0.39 is 0 Å². The van der Waals surface area contributed by atoms with Gasteiger partial charge in [0.15, 0.2) is 0 Å². The Bertz CT molecular complexity index is 523. The van der Waals surface area contributed by atoms with Crippen molar-refractivity contribution in [1.29, 1.82) is 5.26 Å². The Labute approximate surface area is 119 Å². The summed E-state index contributed by atoms with van der Waals surface area (Å²) in [5, 5.41) is 11.8. The van der Waals surface area contributed by atoms with Crippen molar-refractivity contribution >= 4 is 5.91 Å². The molecule has 106 valence electrons. The highest BCUT2D eigenvalue weighted by Crippen LogP contribution is 2.07. The van der Waals surface area contributed by atoms with E-state index in [0.717, 1.165) is 19.6 Å². The highest BCUT2D eigenvalue weighted by atomic mass is 16.1. The van der Waals surface area contributed by atoms with Crippen molar-refractivity contribution in [1.82, 2.24) is 15.1 Å². The summed E-state index contributed by atoms with van der Waals surface area (Å²) in [4.78, 5) is 16.6. The Morgan fingerprint density at radius 1 is 1.45 bits per heavy atom. The van der Waals surface area contributed by atoms with Gasteiger partial charge in [-0.25, -0.2) is 0 Å². The summed E-state index contributed by atoms with van der Waals surface area (Å²) in [6.45, 7) is 3.65. The van der Waals surface area contributed by atoms with Crippen LogP contribution in [0.25, 0.3) is 0 Å². The maximum absolute atomic E-state index is 12.1. The van der Waals surface area contributed by atoms with Crippen LogP contribution in [0.15, 0.2) is 24.3 Å². The van der Waals surface area contributed by atoms with Gasteiger partial charge in [-0.1, -0.05) is 6.07 Å². The predicted molar refractivity (Wildman–Crippen MR) is 77.4 cm³/mol. The predicted octanol–water partition coefficient (Wildman–Crippen LogP) is 0.534. The molecule has 1 aliphatic rings. The first-order chi connectivity index (χ1) is 9.60. The SMILES string of the molecule is CN1CCN(C)C(CNC(=O)c2cccc(C#N)c2)C1. The molecule has 1 atom stereocenters. The van der Waals surface area contributed by atoms with Crippen molar-refractivity contribution < 1.29 is 4.79 Å². The number of nitrogens with zero attached hydrogens (tertiary/aromatic N) is 3. The van der Waals surface area contributed by atoms with Gasteiger partial charge in [0.25, 0.3) is 5.91 Å². The van der Waals surface area contributed by atoms with Crippen molar-refractivity contribution in [2.45, 2.75) is 6.04 Å². The van der Waals surface area contributed by atoms with Crippen LogP contribution in [-0.4, -0.2) is 62.0 Å². The number of amides is 1. The molecule has 2 rings (SSSR count). The van der Waals surface area contributed by atoms with E-state index in [0.29, 0.717) is 23.7 Å². The van der Waals surface area contributed by atoms with Crippen LogP contribution in [-0.2, 0) is 0 Å². The lowest BCUT2D eigenvalue weighted by atomic mass is 10.1. The number of rotatable bonds is 3. The van der Waals surface area contributed by atoms with Crippen molar-refractivity contribution in [2.75, 3.05) is 40.3 Å². The molecular weight excluding hydrogens is 252 g/mol. The van der Waals surface area contributed by atoms with Gasteiger partial charge in [0, 0.05) is 37.8 Å². The first-order valence-electron chi connectivity index (χ1n) is 6.77. The first kappa shape index (κ1) is 14.5. The Morgan fingerprint density at radius 2 is 2.25 bits per heavy atom. The van der Waals surface area contributed by atoms with Crippen LogP contribution >= 0.6 is 0 Å². The molecule has 0 radical (unpaired) electrons. The van der Waals surface area contributed by atoms with Crippen LogP contribution in [0, 0.1) is 11.3 Å². The Kier molecular flexibility index (Phi) is 4.72. The molecule has 1 heterocycles. The molecule has 5 heteroatoms. The standard InChI is InChI=1S/C15H20N4O/c1-18-6-7-19(2)14(11-18)10-17-15(20)13-5-3-4-12(8-13)9-16/h3-5,8,14H,6-7,10-11H2,1-2H3,(H,17,20). The molecule has 5 nitrogen and oxygen atoms in total.